The maximum absolute atomic E-state index is 12.6. The Morgan fingerprint density at radius 1 is 0.529 bits per heavy atom. The van der Waals surface area contributed by atoms with Crippen LogP contribution >= 0.6 is 193 Å². The highest BCUT2D eigenvalue weighted by atomic mass is 79.9. The molecule has 0 aliphatic rings. The van der Waals surface area contributed by atoms with E-state index >= 15 is 0 Å². The maximum atomic E-state index is 12.6. The van der Waals surface area contributed by atoms with Gasteiger partial charge in [-0.25, -0.2) is 68.1 Å². The van der Waals surface area contributed by atoms with Gasteiger partial charge in [0, 0.05) is 36.5 Å². The summed E-state index contributed by atoms with van der Waals surface area (Å²) in [6, 6.07) is 4.16. The van der Waals surface area contributed by atoms with Gasteiger partial charge in [0.15, 0.2) is 37.5 Å². The van der Waals surface area contributed by atoms with Crippen molar-refractivity contribution in [3.05, 3.63) is 141 Å². The van der Waals surface area contributed by atoms with Gasteiger partial charge in [-0.05, 0) is 151 Å². The molecule has 0 aliphatic heterocycles. The van der Waals surface area contributed by atoms with Crippen LogP contribution in [0, 0.1) is 69.2 Å². The predicted octanol–water partition coefficient (Wildman–Crippen LogP) is 20.3. The number of benzene rings is 1. The molecule has 0 saturated carbocycles. The minimum Gasteiger partial charge on any atom is -0.477 e. The summed E-state index contributed by atoms with van der Waals surface area (Å²) in [6.07, 6.45) is 0.0596. The number of aryl methyl sites for hydroxylation is 10. The van der Waals surface area contributed by atoms with Crippen LogP contribution in [-0.2, 0) is 32.3 Å². The van der Waals surface area contributed by atoms with Crippen LogP contribution in [0.2, 0.25) is 0 Å². The van der Waals surface area contributed by atoms with E-state index < -0.39 is 26.2 Å². The summed E-state index contributed by atoms with van der Waals surface area (Å²) in [5.74, 6) is -1.09. The van der Waals surface area contributed by atoms with Gasteiger partial charge in [-0.1, -0.05) is 61.7 Å². The number of nitrogen functional groups attached to an aromatic ring is 2. The van der Waals surface area contributed by atoms with Gasteiger partial charge in [0.05, 0.1) is 120 Å². The summed E-state index contributed by atoms with van der Waals surface area (Å²) in [5, 5.41) is 20.8. The molecule has 10 aromatic heterocycles. The minimum atomic E-state index is -5.39. The first-order valence-corrected chi connectivity index (χ1v) is 41.7. The van der Waals surface area contributed by atoms with Crippen LogP contribution in [0.15, 0.2) is 61.0 Å². The number of rotatable bonds is 14. The summed E-state index contributed by atoms with van der Waals surface area (Å²) in [7, 11) is -2.38. The van der Waals surface area contributed by atoms with Gasteiger partial charge >= 0.3 is 11.5 Å². The van der Waals surface area contributed by atoms with Crippen molar-refractivity contribution < 1.29 is 55.5 Å². The van der Waals surface area contributed by atoms with E-state index in [2.05, 4.69) is 129 Å². The molecule has 554 valence electrons. The van der Waals surface area contributed by atoms with E-state index in [-0.39, 0.29) is 58.4 Å². The smallest absolute Gasteiger partial charge is 0.477 e. The fourth-order valence-electron chi connectivity index (χ4n) is 7.69. The zero-order chi connectivity index (χ0) is 74.1. The van der Waals surface area contributed by atoms with Crippen LogP contribution in [0.4, 0.5) is 23.4 Å². The number of hydrogen-bond acceptors (Lipinski definition) is 30. The van der Waals surface area contributed by atoms with Crippen LogP contribution in [-0.4, -0.2) is 123 Å². The third-order valence-electron chi connectivity index (χ3n) is 12.0. The highest BCUT2D eigenvalue weighted by Gasteiger charge is 2.46. The van der Waals surface area contributed by atoms with E-state index in [4.69, 9.17) is 21.4 Å². The number of hydrogen-bond donors (Lipinski definition) is 3. The topological polar surface area (TPSA) is 333 Å². The normalized spacial score (nSPS) is 10.5. The molecule has 0 unspecified atom stereocenters. The van der Waals surface area contributed by atoms with Gasteiger partial charge in [0.1, 0.15) is 20.5 Å². The van der Waals surface area contributed by atoms with Crippen molar-refractivity contribution in [1.82, 2.24) is 54.9 Å². The van der Waals surface area contributed by atoms with E-state index in [1.165, 1.54) is 104 Å². The number of sulfone groups is 1. The highest BCUT2D eigenvalue weighted by molar-refractivity contribution is 9.11. The Morgan fingerprint density at radius 3 is 1.18 bits per heavy atom. The summed E-state index contributed by atoms with van der Waals surface area (Å²) >= 11 is 30.2. The Bertz CT molecular complexity index is 4590. The first-order chi connectivity index (χ1) is 46.2. The van der Waals surface area contributed by atoms with Crippen molar-refractivity contribution in [2.24, 2.45) is 0 Å². The standard InChI is InChI=1S/C18H15F3N2O3S3.2C8H9N3S2.C7H9BrN2O2S.C6H5Br2NOS.C6H6BrNOS.C5H4BrNO2S.3CH4/c1-10-17(28-11(2)22-10)15-9-27-16(23-15)8-13(24)7-12-3-5-14(6-4-12)29(25,26)18(19,20)21;2*1-4-7(13-5(2)10-4)6-3-12-8(9)11-6;1-4-5(13-7(8)9-4)6(11)10(2)12-3;1-3-5(4(10)2-7)11-6(8)9-3;1-3-5(4(2)9)10-6(7)8-3;1-2-3(4(8)9)10-5(6)7-2;;;/h3-6,9H,7-8H2,1-2H3;2*3H,1-2H3,(H2,9,11);1-3H3;2H2,1H3;1-2H3;1H3,(H,8,9);3*1H4. The molecule has 10 heterocycles. The molecular weight excluding hydrogens is 1870 g/mol. The molecule has 1 amide bonds. The number of Topliss-reactive ketones (excluding diaryl/α,β-unsaturated/α-hetero) is 3. The molecule has 1 aromatic carbocycles. The monoisotopic (exact) mass is 1930 g/mol. The molecule has 0 bridgehead atoms. The van der Waals surface area contributed by atoms with Crippen molar-refractivity contribution in [2.45, 2.75) is 122 Å². The average molecular weight is 1940 g/mol. The van der Waals surface area contributed by atoms with Crippen LogP contribution in [0.1, 0.15) is 133 Å². The minimum absolute atomic E-state index is 0. The average Bonchev–Trinajstić information content (AvgIpc) is 1.38. The molecule has 0 radical (unpaired) electrons. The number of hydroxylamine groups is 2. The summed E-state index contributed by atoms with van der Waals surface area (Å²) in [5.41, 5.74) is 14.7. The van der Waals surface area contributed by atoms with Gasteiger partial charge in [-0.2, -0.15) is 13.2 Å². The first kappa shape index (κ1) is 93.3. The van der Waals surface area contributed by atoms with E-state index in [0.717, 1.165) is 116 Å². The number of aromatic carboxylic acids is 1. The molecule has 11 rings (SSSR count). The van der Waals surface area contributed by atoms with Gasteiger partial charge in [0.2, 0.25) is 0 Å². The SMILES string of the molecule is C.C.C.CC(=O)c1sc(Br)nc1C.CON(C)C(=O)c1sc(Br)nc1C.Cc1nc(Br)sc1C(=O)CBr.Cc1nc(Br)sc1C(=O)O.Cc1nc(C)c(-c2csc(CC(=O)Cc3ccc(S(=O)(=O)C(F)(F)F)cc3)n2)s1.Cc1nc(C)c(-c2csc(N)n2)s1.Cc1nc(C)c(-c2csc(N)n2)s1. The summed E-state index contributed by atoms with van der Waals surface area (Å²) in [6.45, 7) is 20.5. The number of alkyl halides is 4. The number of nitrogens with zero attached hydrogens (tertiary/aromatic N) is 11. The largest absolute Gasteiger partial charge is 0.501 e. The molecule has 102 heavy (non-hydrogen) atoms. The number of amides is 1. The Morgan fingerprint density at radius 2 is 0.892 bits per heavy atom. The van der Waals surface area contributed by atoms with Crippen molar-refractivity contribution in [3.63, 3.8) is 0 Å². The number of halogens is 8. The molecule has 11 aromatic rings. The van der Waals surface area contributed by atoms with Gasteiger partial charge in [-0.15, -0.1) is 102 Å². The molecule has 41 heteroatoms. The zero-order valence-electron chi connectivity index (χ0n) is 54.0. The quantitative estimate of drug-likeness (QED) is 0.0517. The first-order valence-electron chi connectivity index (χ1n) is 27.5. The van der Waals surface area contributed by atoms with E-state index in [1.807, 2.05) is 71.5 Å². The second-order valence-electron chi connectivity index (χ2n) is 19.6. The molecule has 0 atom stereocenters. The fraction of sp³-hybridized carbons (Fsp3) is 0.328. The molecule has 0 saturated heterocycles. The van der Waals surface area contributed by atoms with Gasteiger partial charge in [0.25, 0.3) is 15.7 Å². The number of carboxylic acid groups (broad SMARTS) is 1. The number of nitrogens with two attached hydrogens (primary N) is 2. The summed E-state index contributed by atoms with van der Waals surface area (Å²) in [4.78, 5) is 108. The second-order valence-corrected chi connectivity index (χ2v) is 37.6. The molecule has 0 spiro atoms. The highest BCUT2D eigenvalue weighted by Crippen LogP contribution is 2.35. The van der Waals surface area contributed by atoms with Crippen molar-refractivity contribution in [2.75, 3.05) is 31.0 Å². The lowest BCUT2D eigenvalue weighted by Gasteiger charge is -2.11. The Balaban J connectivity index is 0.000000420. The number of ketones is 3. The number of anilines is 2. The number of thiazole rings is 10. The van der Waals surface area contributed by atoms with E-state index in [9.17, 15) is 45.6 Å². The third kappa shape index (κ3) is 27.5. The van der Waals surface area contributed by atoms with Crippen molar-refractivity contribution in [3.8, 4) is 31.7 Å². The molecular formula is C61H69Br5F3N13O9S11. The third-order valence-corrected chi connectivity index (χ3v) is 26.1. The van der Waals surface area contributed by atoms with Crippen molar-refractivity contribution >= 4 is 242 Å². The van der Waals surface area contributed by atoms with Gasteiger partial charge < -0.3 is 16.6 Å². The van der Waals surface area contributed by atoms with Crippen LogP contribution < -0.4 is 11.5 Å². The van der Waals surface area contributed by atoms with E-state index in [1.54, 1.807) is 50.5 Å². The lowest BCUT2D eigenvalue weighted by atomic mass is 10.1. The Labute approximate surface area is 670 Å². The van der Waals surface area contributed by atoms with Crippen molar-refractivity contribution in [1.29, 1.82) is 0 Å². The number of carbonyl (C=O) groups excluding carboxylic acids is 4. The molecule has 0 aliphatic carbocycles. The van der Waals surface area contributed by atoms with E-state index in [0.29, 0.717) is 55.1 Å². The number of carboxylic acids is 1. The second kappa shape index (κ2) is 42.5. The van der Waals surface area contributed by atoms with Crippen LogP contribution in [0.3, 0.4) is 0 Å². The number of carbonyl (C=O) groups is 5. The summed E-state index contributed by atoms with van der Waals surface area (Å²) < 4.78 is 63.3. The molecule has 22 nitrogen and oxygen atoms in total. The lowest BCUT2D eigenvalue weighted by Crippen LogP contribution is -2.25. The lowest BCUT2D eigenvalue weighted by molar-refractivity contribution is -0.117. The Kier molecular flexibility index (Phi) is 38.8. The maximum Gasteiger partial charge on any atom is 0.501 e. The molecule has 5 N–H and O–H groups in total. The number of aromatic nitrogens is 10. The van der Waals surface area contributed by atoms with Crippen LogP contribution in [0.5, 0.6) is 0 Å². The Hall–Kier alpha value is -4.83. The molecule has 0 fully saturated rings. The fourth-order valence-corrected chi connectivity index (χ4v) is 19.5. The zero-order valence-corrected chi connectivity index (χ0v) is 70.9. The predicted molar refractivity (Wildman–Crippen MR) is 432 cm³/mol. The van der Waals surface area contributed by atoms with Crippen LogP contribution in [0.25, 0.3) is 31.7 Å². The van der Waals surface area contributed by atoms with Gasteiger partial charge in [-0.3, -0.25) is 24.0 Å².